The molecule has 6 heteroatoms. The van der Waals surface area contributed by atoms with Crippen molar-refractivity contribution in [2.45, 2.75) is 6.42 Å². The van der Waals surface area contributed by atoms with Crippen LogP contribution in [-0.4, -0.2) is 22.6 Å². The Bertz CT molecular complexity index is 842. The summed E-state index contributed by atoms with van der Waals surface area (Å²) < 4.78 is 0. The Balaban J connectivity index is 2.02. The highest BCUT2D eigenvalue weighted by Gasteiger charge is 2.26. The summed E-state index contributed by atoms with van der Waals surface area (Å²) in [6.07, 6.45) is 1.67. The van der Waals surface area contributed by atoms with E-state index in [2.05, 4.69) is 5.10 Å². The topological polar surface area (TPSA) is 70.0 Å². The molecule has 0 atom stereocenters. The van der Waals surface area contributed by atoms with Gasteiger partial charge in [-0.25, -0.2) is 9.80 Å². The summed E-state index contributed by atoms with van der Waals surface area (Å²) in [6, 6.07) is 15.5. The Morgan fingerprint density at radius 3 is 2.33 bits per heavy atom. The number of carbonyl (C=O) groups is 2. The maximum atomic E-state index is 12.8. The molecule has 1 aliphatic rings. The Kier molecular flexibility index (Phi) is 4.44. The van der Waals surface area contributed by atoms with Gasteiger partial charge in [0.25, 0.3) is 0 Å². The first kappa shape index (κ1) is 16.0. The molecule has 1 aliphatic heterocycles. The van der Waals surface area contributed by atoms with E-state index in [0.29, 0.717) is 22.0 Å². The van der Waals surface area contributed by atoms with Crippen LogP contribution in [0.2, 0.25) is 5.02 Å². The zero-order chi connectivity index (χ0) is 17.1. The number of halogens is 1. The highest BCUT2D eigenvalue weighted by Crippen LogP contribution is 2.27. The highest BCUT2D eigenvalue weighted by atomic mass is 35.5. The molecule has 3 rings (SSSR count). The van der Waals surface area contributed by atoms with Crippen molar-refractivity contribution in [1.82, 2.24) is 0 Å². The molecular weight excluding hydrogens is 328 g/mol. The normalized spacial score (nSPS) is 14.0. The minimum absolute atomic E-state index is 0.0328. The second-order valence-electron chi connectivity index (χ2n) is 5.13. The fraction of sp³-hybridized carbons (Fsp3) is 0.0556. The average Bonchev–Trinajstić information content (AvgIpc) is 2.62. The average molecular weight is 341 g/mol. The van der Waals surface area contributed by atoms with Gasteiger partial charge in [-0.2, -0.15) is 5.10 Å². The number of carbonyl (C=O) groups excluding carboxylic acids is 1. The SMILES string of the molecule is O=C(O)C1=NN(c2ccc(Cl)cc2)C(C(=O)c2ccccc2)=CC1. The van der Waals surface area contributed by atoms with Crippen molar-refractivity contribution in [1.29, 1.82) is 0 Å². The molecule has 24 heavy (non-hydrogen) atoms. The second-order valence-corrected chi connectivity index (χ2v) is 5.57. The Morgan fingerprint density at radius 1 is 1.04 bits per heavy atom. The largest absolute Gasteiger partial charge is 0.477 e. The number of anilines is 1. The van der Waals surface area contributed by atoms with Crippen LogP contribution in [0.15, 0.2) is 71.5 Å². The second kappa shape index (κ2) is 6.68. The molecular formula is C18H13ClN2O3. The van der Waals surface area contributed by atoms with E-state index in [-0.39, 0.29) is 17.9 Å². The van der Waals surface area contributed by atoms with Crippen LogP contribution < -0.4 is 5.01 Å². The van der Waals surface area contributed by atoms with Crippen LogP contribution in [0.4, 0.5) is 5.69 Å². The van der Waals surface area contributed by atoms with E-state index in [0.717, 1.165) is 0 Å². The van der Waals surface area contributed by atoms with E-state index >= 15 is 0 Å². The Morgan fingerprint density at radius 2 is 1.71 bits per heavy atom. The summed E-state index contributed by atoms with van der Waals surface area (Å²) in [5.41, 5.74) is 1.35. The number of rotatable bonds is 4. The molecule has 120 valence electrons. The van der Waals surface area contributed by atoms with Crippen LogP contribution >= 0.6 is 11.6 Å². The molecule has 0 fully saturated rings. The monoisotopic (exact) mass is 340 g/mol. The summed E-state index contributed by atoms with van der Waals surface area (Å²) in [5, 5.41) is 15.2. The molecule has 1 N–H and O–H groups in total. The van der Waals surface area contributed by atoms with Gasteiger partial charge in [-0.3, -0.25) is 4.79 Å². The Labute approximate surface area is 143 Å². The van der Waals surface area contributed by atoms with Crippen molar-refractivity contribution >= 4 is 34.8 Å². The van der Waals surface area contributed by atoms with Gasteiger partial charge in [0.2, 0.25) is 5.78 Å². The number of carboxylic acid groups (broad SMARTS) is 1. The molecule has 2 aromatic carbocycles. The quantitative estimate of drug-likeness (QED) is 0.860. The van der Waals surface area contributed by atoms with Gasteiger partial charge in [0.1, 0.15) is 11.4 Å². The van der Waals surface area contributed by atoms with Crippen LogP contribution in [0.3, 0.4) is 0 Å². The third-order valence-electron chi connectivity index (χ3n) is 3.52. The molecule has 0 saturated carbocycles. The molecule has 0 aliphatic carbocycles. The predicted molar refractivity (Wildman–Crippen MR) is 92.5 cm³/mol. The molecule has 0 radical (unpaired) electrons. The van der Waals surface area contributed by atoms with Crippen LogP contribution in [0.1, 0.15) is 16.8 Å². The number of nitrogens with zero attached hydrogens (tertiary/aromatic N) is 2. The van der Waals surface area contributed by atoms with Crippen LogP contribution in [0.25, 0.3) is 0 Å². The minimum Gasteiger partial charge on any atom is -0.477 e. The lowest BCUT2D eigenvalue weighted by atomic mass is 10.0. The van der Waals surface area contributed by atoms with E-state index in [1.54, 1.807) is 54.6 Å². The van der Waals surface area contributed by atoms with E-state index < -0.39 is 5.97 Å². The number of hydrazone groups is 1. The van der Waals surface area contributed by atoms with Gasteiger partial charge in [0.05, 0.1) is 5.69 Å². The first-order valence-electron chi connectivity index (χ1n) is 7.22. The molecule has 1 heterocycles. The number of benzene rings is 2. The molecule has 0 aromatic heterocycles. The van der Waals surface area contributed by atoms with Crippen molar-refractivity contribution in [3.63, 3.8) is 0 Å². The van der Waals surface area contributed by atoms with Gasteiger partial charge >= 0.3 is 5.97 Å². The molecule has 0 spiro atoms. The van der Waals surface area contributed by atoms with Crippen molar-refractivity contribution in [3.8, 4) is 0 Å². The number of aliphatic carboxylic acids is 1. The van der Waals surface area contributed by atoms with Crippen LogP contribution in [0, 0.1) is 0 Å². The maximum Gasteiger partial charge on any atom is 0.352 e. The van der Waals surface area contributed by atoms with E-state index in [4.69, 9.17) is 11.6 Å². The van der Waals surface area contributed by atoms with Crippen molar-refractivity contribution in [2.75, 3.05) is 5.01 Å². The van der Waals surface area contributed by atoms with E-state index in [1.165, 1.54) is 5.01 Å². The standard InChI is InChI=1S/C18H13ClN2O3/c19-13-6-8-14(9-7-13)21-16(11-10-15(20-21)18(23)24)17(22)12-4-2-1-3-5-12/h1-9,11H,10H2,(H,23,24). The number of Topliss-reactive ketones (excluding diaryl/α,β-unsaturated/α-hetero) is 1. The lowest BCUT2D eigenvalue weighted by Gasteiger charge is -2.25. The van der Waals surface area contributed by atoms with Gasteiger partial charge in [0, 0.05) is 17.0 Å². The van der Waals surface area contributed by atoms with Crippen LogP contribution in [-0.2, 0) is 4.79 Å². The number of allylic oxidation sites excluding steroid dienone is 2. The van der Waals surface area contributed by atoms with Gasteiger partial charge in [0.15, 0.2) is 0 Å². The van der Waals surface area contributed by atoms with E-state index in [9.17, 15) is 14.7 Å². The van der Waals surface area contributed by atoms with Crippen LogP contribution in [0.5, 0.6) is 0 Å². The smallest absolute Gasteiger partial charge is 0.352 e. The van der Waals surface area contributed by atoms with Crippen molar-refractivity contribution in [2.24, 2.45) is 5.10 Å². The van der Waals surface area contributed by atoms with Crippen molar-refractivity contribution < 1.29 is 14.7 Å². The third-order valence-corrected chi connectivity index (χ3v) is 3.78. The number of hydrogen-bond acceptors (Lipinski definition) is 4. The highest BCUT2D eigenvalue weighted by molar-refractivity contribution is 6.36. The number of hydrogen-bond donors (Lipinski definition) is 1. The van der Waals surface area contributed by atoms with Gasteiger partial charge in [-0.1, -0.05) is 41.9 Å². The number of carboxylic acids is 1. The summed E-state index contributed by atoms with van der Waals surface area (Å²) in [7, 11) is 0. The fourth-order valence-corrected chi connectivity index (χ4v) is 2.46. The summed E-state index contributed by atoms with van der Waals surface area (Å²) in [4.78, 5) is 24.0. The van der Waals surface area contributed by atoms with Gasteiger partial charge < -0.3 is 5.11 Å². The maximum absolute atomic E-state index is 12.8. The molecule has 5 nitrogen and oxygen atoms in total. The number of ketones is 1. The minimum atomic E-state index is -1.11. The molecule has 0 amide bonds. The molecule has 0 unspecified atom stereocenters. The summed E-state index contributed by atoms with van der Waals surface area (Å²) in [5.74, 6) is -1.34. The van der Waals surface area contributed by atoms with E-state index in [1.807, 2.05) is 6.07 Å². The zero-order valence-corrected chi connectivity index (χ0v) is 13.3. The third kappa shape index (κ3) is 3.21. The first-order valence-corrected chi connectivity index (χ1v) is 7.60. The van der Waals surface area contributed by atoms with Gasteiger partial charge in [-0.05, 0) is 30.3 Å². The lowest BCUT2D eigenvalue weighted by molar-refractivity contribution is -0.129. The summed E-state index contributed by atoms with van der Waals surface area (Å²) in [6.45, 7) is 0. The predicted octanol–water partition coefficient (Wildman–Crippen LogP) is 3.76. The van der Waals surface area contributed by atoms with Crippen molar-refractivity contribution in [3.05, 3.63) is 77.0 Å². The first-order chi connectivity index (χ1) is 11.6. The van der Waals surface area contributed by atoms with Gasteiger partial charge in [-0.15, -0.1) is 0 Å². The zero-order valence-electron chi connectivity index (χ0n) is 12.5. The summed E-state index contributed by atoms with van der Waals surface area (Å²) >= 11 is 5.89. The molecule has 0 bridgehead atoms. The molecule has 0 saturated heterocycles. The molecule has 2 aromatic rings. The Hall–Kier alpha value is -2.92. The fourth-order valence-electron chi connectivity index (χ4n) is 2.33. The lowest BCUT2D eigenvalue weighted by Crippen LogP contribution is -2.30.